The SMILES string of the molecule is O=C(O)O[C@H]1C[C@@H]2[C@H]3CC[C@H](C3)[C@@H]2N1. The van der Waals surface area contributed by atoms with E-state index in [1.165, 1.54) is 19.3 Å². The second-order valence-corrected chi connectivity index (χ2v) is 4.80. The first kappa shape index (κ1) is 8.53. The lowest BCUT2D eigenvalue weighted by atomic mass is 9.85. The molecule has 3 fully saturated rings. The lowest BCUT2D eigenvalue weighted by molar-refractivity contribution is 0.0406. The number of hydrogen-bond donors (Lipinski definition) is 2. The molecule has 0 amide bonds. The van der Waals surface area contributed by atoms with Crippen LogP contribution < -0.4 is 5.32 Å². The molecule has 2 aliphatic carbocycles. The average molecular weight is 197 g/mol. The summed E-state index contributed by atoms with van der Waals surface area (Å²) in [7, 11) is 0. The largest absolute Gasteiger partial charge is 0.507 e. The van der Waals surface area contributed by atoms with Crippen molar-refractivity contribution >= 4 is 6.16 Å². The maximum Gasteiger partial charge on any atom is 0.507 e. The van der Waals surface area contributed by atoms with Gasteiger partial charge in [0, 0.05) is 12.5 Å². The van der Waals surface area contributed by atoms with E-state index in [9.17, 15) is 4.79 Å². The van der Waals surface area contributed by atoms with E-state index in [0.717, 1.165) is 18.3 Å². The van der Waals surface area contributed by atoms with E-state index in [-0.39, 0.29) is 6.23 Å². The molecule has 2 saturated carbocycles. The Kier molecular flexibility index (Phi) is 1.74. The zero-order chi connectivity index (χ0) is 9.71. The van der Waals surface area contributed by atoms with Crippen molar-refractivity contribution in [2.24, 2.45) is 17.8 Å². The first-order valence-corrected chi connectivity index (χ1v) is 5.39. The van der Waals surface area contributed by atoms with Crippen molar-refractivity contribution in [3.63, 3.8) is 0 Å². The molecule has 2 bridgehead atoms. The fourth-order valence-corrected chi connectivity index (χ4v) is 3.74. The minimum atomic E-state index is -1.16. The monoisotopic (exact) mass is 197 g/mol. The predicted octanol–water partition coefficient (Wildman–Crippen LogP) is 1.42. The van der Waals surface area contributed by atoms with E-state index < -0.39 is 6.16 Å². The highest BCUT2D eigenvalue weighted by Crippen LogP contribution is 2.52. The Morgan fingerprint density at radius 1 is 1.29 bits per heavy atom. The van der Waals surface area contributed by atoms with Gasteiger partial charge in [0.05, 0.1) is 0 Å². The van der Waals surface area contributed by atoms with Crippen molar-refractivity contribution in [1.29, 1.82) is 0 Å². The fraction of sp³-hybridized carbons (Fsp3) is 0.900. The predicted molar refractivity (Wildman–Crippen MR) is 48.8 cm³/mol. The molecule has 4 heteroatoms. The summed E-state index contributed by atoms with van der Waals surface area (Å²) in [5.74, 6) is 2.30. The Labute approximate surface area is 82.6 Å². The van der Waals surface area contributed by atoms with Crippen molar-refractivity contribution < 1.29 is 14.6 Å². The van der Waals surface area contributed by atoms with Crippen LogP contribution in [-0.2, 0) is 4.74 Å². The van der Waals surface area contributed by atoms with Gasteiger partial charge in [-0.15, -0.1) is 0 Å². The molecule has 3 rings (SSSR count). The minimum Gasteiger partial charge on any atom is -0.450 e. The zero-order valence-corrected chi connectivity index (χ0v) is 7.98. The molecule has 1 saturated heterocycles. The third-order valence-corrected chi connectivity index (χ3v) is 4.20. The van der Waals surface area contributed by atoms with Crippen LogP contribution in [0.5, 0.6) is 0 Å². The summed E-state index contributed by atoms with van der Waals surface area (Å²) >= 11 is 0. The van der Waals surface area contributed by atoms with Gasteiger partial charge in [-0.2, -0.15) is 0 Å². The maximum atomic E-state index is 10.4. The molecule has 0 spiro atoms. The van der Waals surface area contributed by atoms with E-state index in [2.05, 4.69) is 5.32 Å². The summed E-state index contributed by atoms with van der Waals surface area (Å²) in [6.07, 6.45) is 3.49. The molecule has 0 aromatic heterocycles. The summed E-state index contributed by atoms with van der Waals surface area (Å²) in [4.78, 5) is 10.4. The molecular weight excluding hydrogens is 182 g/mol. The van der Waals surface area contributed by atoms with Gasteiger partial charge in [-0.3, -0.25) is 5.32 Å². The second-order valence-electron chi connectivity index (χ2n) is 4.80. The fourth-order valence-electron chi connectivity index (χ4n) is 3.74. The number of nitrogens with one attached hydrogen (secondary N) is 1. The first-order chi connectivity index (χ1) is 6.74. The number of ether oxygens (including phenoxy) is 1. The van der Waals surface area contributed by atoms with Crippen LogP contribution in [0.1, 0.15) is 25.7 Å². The number of rotatable bonds is 1. The van der Waals surface area contributed by atoms with Crippen LogP contribution in [0.25, 0.3) is 0 Å². The standard InChI is InChI=1S/C10H15NO3/c12-10(13)14-8-4-7-5-1-2-6(3-5)9(7)11-8/h5-9,11H,1-4H2,(H,12,13)/t5-,6+,7+,8-,9-/m0/s1. The normalized spacial score (nSPS) is 49.3. The van der Waals surface area contributed by atoms with Gasteiger partial charge >= 0.3 is 6.16 Å². The summed E-state index contributed by atoms with van der Waals surface area (Å²) in [5.41, 5.74) is 0. The lowest BCUT2D eigenvalue weighted by Gasteiger charge is -2.23. The molecule has 0 aromatic rings. The van der Waals surface area contributed by atoms with E-state index in [0.29, 0.717) is 12.0 Å². The van der Waals surface area contributed by atoms with E-state index in [1.54, 1.807) is 0 Å². The van der Waals surface area contributed by atoms with Crippen LogP contribution in [-0.4, -0.2) is 23.5 Å². The molecule has 2 N–H and O–H groups in total. The highest BCUT2D eigenvalue weighted by Gasteiger charge is 2.52. The van der Waals surface area contributed by atoms with Crippen LogP contribution in [0.2, 0.25) is 0 Å². The van der Waals surface area contributed by atoms with Crippen molar-refractivity contribution in [2.75, 3.05) is 0 Å². The molecule has 5 atom stereocenters. The Morgan fingerprint density at radius 3 is 2.79 bits per heavy atom. The Balaban J connectivity index is 1.68. The van der Waals surface area contributed by atoms with Gasteiger partial charge in [0.1, 0.15) is 0 Å². The van der Waals surface area contributed by atoms with Gasteiger partial charge in [0.25, 0.3) is 0 Å². The zero-order valence-electron chi connectivity index (χ0n) is 7.98. The van der Waals surface area contributed by atoms with Crippen molar-refractivity contribution in [2.45, 2.75) is 38.0 Å². The molecule has 0 aromatic carbocycles. The number of fused-ring (bicyclic) bond motifs is 5. The van der Waals surface area contributed by atoms with Crippen LogP contribution in [0.3, 0.4) is 0 Å². The molecule has 78 valence electrons. The van der Waals surface area contributed by atoms with Gasteiger partial charge in [-0.1, -0.05) is 0 Å². The number of carbonyl (C=O) groups is 1. The van der Waals surface area contributed by atoms with Crippen LogP contribution in [0.15, 0.2) is 0 Å². The van der Waals surface area contributed by atoms with Crippen LogP contribution in [0, 0.1) is 17.8 Å². The van der Waals surface area contributed by atoms with Gasteiger partial charge in [-0.25, -0.2) is 4.79 Å². The second kappa shape index (κ2) is 2.86. The molecule has 1 heterocycles. The number of carboxylic acid groups (broad SMARTS) is 1. The Hall–Kier alpha value is -0.770. The van der Waals surface area contributed by atoms with Crippen molar-refractivity contribution in [3.05, 3.63) is 0 Å². The van der Waals surface area contributed by atoms with Crippen LogP contribution in [0.4, 0.5) is 4.79 Å². The van der Waals surface area contributed by atoms with Gasteiger partial charge in [0.2, 0.25) is 0 Å². The first-order valence-electron chi connectivity index (χ1n) is 5.39. The highest BCUT2D eigenvalue weighted by atomic mass is 16.7. The Bertz CT molecular complexity index is 250. The van der Waals surface area contributed by atoms with Gasteiger partial charge < -0.3 is 9.84 Å². The Morgan fingerprint density at radius 2 is 2.07 bits per heavy atom. The quantitative estimate of drug-likeness (QED) is 0.624. The molecule has 1 aliphatic heterocycles. The lowest BCUT2D eigenvalue weighted by Crippen LogP contribution is -2.37. The topological polar surface area (TPSA) is 58.6 Å². The third kappa shape index (κ3) is 1.13. The molecular formula is C10H15NO3. The summed E-state index contributed by atoms with van der Waals surface area (Å²) in [5, 5.41) is 11.8. The molecule has 4 nitrogen and oxygen atoms in total. The third-order valence-electron chi connectivity index (χ3n) is 4.20. The van der Waals surface area contributed by atoms with E-state index >= 15 is 0 Å². The van der Waals surface area contributed by atoms with Gasteiger partial charge in [-0.05, 0) is 37.0 Å². The molecule has 0 unspecified atom stereocenters. The molecule has 0 radical (unpaired) electrons. The summed E-state index contributed by atoms with van der Waals surface area (Å²) < 4.78 is 4.78. The van der Waals surface area contributed by atoms with E-state index in [1.807, 2.05) is 0 Å². The molecule has 3 aliphatic rings. The van der Waals surface area contributed by atoms with Crippen molar-refractivity contribution in [1.82, 2.24) is 5.32 Å². The van der Waals surface area contributed by atoms with E-state index in [4.69, 9.17) is 9.84 Å². The highest BCUT2D eigenvalue weighted by molar-refractivity contribution is 5.57. The summed E-state index contributed by atoms with van der Waals surface area (Å²) in [6.45, 7) is 0. The minimum absolute atomic E-state index is 0.245. The van der Waals surface area contributed by atoms with Gasteiger partial charge in [0.15, 0.2) is 6.23 Å². The average Bonchev–Trinajstić information content (AvgIpc) is 2.69. The van der Waals surface area contributed by atoms with Crippen LogP contribution >= 0.6 is 0 Å². The smallest absolute Gasteiger partial charge is 0.450 e. The maximum absolute atomic E-state index is 10.4. The molecule has 14 heavy (non-hydrogen) atoms. The number of hydrogen-bond acceptors (Lipinski definition) is 3. The summed E-state index contributed by atoms with van der Waals surface area (Å²) in [6, 6.07) is 0.540. The van der Waals surface area contributed by atoms with Crippen molar-refractivity contribution in [3.8, 4) is 0 Å².